The lowest BCUT2D eigenvalue weighted by Crippen LogP contribution is -2.28. The Morgan fingerprint density at radius 3 is 2.46 bits per heavy atom. The molecule has 0 unspecified atom stereocenters. The van der Waals surface area contributed by atoms with E-state index in [1.54, 1.807) is 30.3 Å². The van der Waals surface area contributed by atoms with Crippen molar-refractivity contribution in [2.75, 3.05) is 32.5 Å². The summed E-state index contributed by atoms with van der Waals surface area (Å²) >= 11 is 12.0. The Labute approximate surface area is 162 Å². The number of carbonyl (C=O) groups excluding carboxylic acids is 2. The maximum atomic E-state index is 12.4. The Kier molecular flexibility index (Phi) is 7.38. The molecule has 2 amide bonds. The third-order valence-electron chi connectivity index (χ3n) is 3.46. The van der Waals surface area contributed by atoms with Gasteiger partial charge in [-0.15, -0.1) is 0 Å². The molecule has 0 radical (unpaired) electrons. The minimum Gasteiger partial charge on any atom is -0.351 e. The number of amides is 2. The van der Waals surface area contributed by atoms with Crippen molar-refractivity contribution in [3.05, 3.63) is 57.8 Å². The zero-order valence-corrected chi connectivity index (χ0v) is 16.1. The largest absolute Gasteiger partial charge is 0.351 e. The molecule has 0 atom stereocenters. The predicted octanol–water partition coefficient (Wildman–Crippen LogP) is 3.32. The van der Waals surface area contributed by atoms with Gasteiger partial charge in [0, 0.05) is 11.6 Å². The molecule has 0 fully saturated rings. The number of halogens is 2. The Morgan fingerprint density at radius 2 is 1.77 bits per heavy atom. The summed E-state index contributed by atoms with van der Waals surface area (Å²) < 4.78 is 0. The third-order valence-corrected chi connectivity index (χ3v) is 4.02. The van der Waals surface area contributed by atoms with Crippen molar-refractivity contribution in [3.8, 4) is 0 Å². The molecular formula is C18H20Cl2N4O2. The van der Waals surface area contributed by atoms with Gasteiger partial charge in [0.25, 0.3) is 11.8 Å². The van der Waals surface area contributed by atoms with E-state index in [-0.39, 0.29) is 17.3 Å². The summed E-state index contributed by atoms with van der Waals surface area (Å²) in [6.45, 7) is 1.41. The second-order valence-corrected chi connectivity index (χ2v) is 6.74. The van der Waals surface area contributed by atoms with Crippen LogP contribution in [-0.2, 0) is 0 Å². The van der Waals surface area contributed by atoms with E-state index in [2.05, 4.69) is 15.6 Å². The van der Waals surface area contributed by atoms with E-state index in [1.165, 1.54) is 6.07 Å². The molecule has 8 heteroatoms. The molecule has 2 N–H and O–H groups in total. The second-order valence-electron chi connectivity index (χ2n) is 5.90. The van der Waals surface area contributed by atoms with Gasteiger partial charge in [-0.3, -0.25) is 9.59 Å². The van der Waals surface area contributed by atoms with Crippen molar-refractivity contribution in [2.45, 2.75) is 6.42 Å². The molecule has 1 aromatic carbocycles. The molecule has 6 nitrogen and oxygen atoms in total. The lowest BCUT2D eigenvalue weighted by molar-refractivity contribution is 0.0947. The van der Waals surface area contributed by atoms with E-state index in [0.717, 1.165) is 13.0 Å². The number of anilines is 1. The van der Waals surface area contributed by atoms with Crippen LogP contribution in [0.25, 0.3) is 0 Å². The highest BCUT2D eigenvalue weighted by Gasteiger charge is 2.13. The first-order valence-corrected chi connectivity index (χ1v) is 8.79. The minimum absolute atomic E-state index is 0.113. The van der Waals surface area contributed by atoms with Crippen molar-refractivity contribution in [1.29, 1.82) is 0 Å². The minimum atomic E-state index is -0.476. The van der Waals surface area contributed by atoms with Gasteiger partial charge in [-0.25, -0.2) is 4.98 Å². The molecule has 0 aliphatic rings. The zero-order valence-electron chi connectivity index (χ0n) is 14.6. The maximum absolute atomic E-state index is 12.4. The van der Waals surface area contributed by atoms with Crippen LogP contribution in [-0.4, -0.2) is 48.9 Å². The third kappa shape index (κ3) is 5.98. The van der Waals surface area contributed by atoms with Crippen molar-refractivity contribution in [3.63, 3.8) is 0 Å². The van der Waals surface area contributed by atoms with Crippen molar-refractivity contribution in [1.82, 2.24) is 15.2 Å². The van der Waals surface area contributed by atoms with Gasteiger partial charge in [-0.05, 0) is 57.4 Å². The molecule has 138 valence electrons. The number of carbonyl (C=O) groups is 2. The van der Waals surface area contributed by atoms with Gasteiger partial charge < -0.3 is 15.5 Å². The molecule has 0 bridgehead atoms. The predicted molar refractivity (Wildman–Crippen MR) is 104 cm³/mol. The summed E-state index contributed by atoms with van der Waals surface area (Å²) in [5, 5.41) is 6.24. The second kappa shape index (κ2) is 9.52. The summed E-state index contributed by atoms with van der Waals surface area (Å²) in [5.74, 6) is -0.796. The van der Waals surface area contributed by atoms with E-state index in [0.29, 0.717) is 22.3 Å². The molecule has 2 aromatic rings. The Bertz CT molecular complexity index is 797. The van der Waals surface area contributed by atoms with Crippen molar-refractivity contribution in [2.24, 2.45) is 0 Å². The van der Waals surface area contributed by atoms with Gasteiger partial charge in [0.2, 0.25) is 0 Å². The highest BCUT2D eigenvalue weighted by molar-refractivity contribution is 6.35. The van der Waals surface area contributed by atoms with Crippen LogP contribution in [0.5, 0.6) is 0 Å². The fraction of sp³-hybridized carbons (Fsp3) is 0.278. The molecule has 0 saturated heterocycles. The van der Waals surface area contributed by atoms with Crippen LogP contribution < -0.4 is 10.6 Å². The van der Waals surface area contributed by atoms with Crippen LogP contribution in [0.1, 0.15) is 27.4 Å². The molecule has 2 rings (SSSR count). The number of pyridine rings is 1. The van der Waals surface area contributed by atoms with E-state index in [9.17, 15) is 9.59 Å². The van der Waals surface area contributed by atoms with Crippen LogP contribution >= 0.6 is 23.2 Å². The topological polar surface area (TPSA) is 74.3 Å². The highest BCUT2D eigenvalue weighted by Crippen LogP contribution is 2.25. The van der Waals surface area contributed by atoms with Crippen LogP contribution in [0.4, 0.5) is 5.69 Å². The fourth-order valence-corrected chi connectivity index (χ4v) is 2.49. The maximum Gasteiger partial charge on any atom is 0.274 e. The van der Waals surface area contributed by atoms with Gasteiger partial charge in [0.1, 0.15) is 11.4 Å². The average molecular weight is 395 g/mol. The number of benzene rings is 1. The summed E-state index contributed by atoms with van der Waals surface area (Å²) in [4.78, 5) is 30.7. The smallest absolute Gasteiger partial charge is 0.274 e. The standard InChI is InChI=1S/C18H20Cl2N4O2/c1-24(2)10-4-9-21-17(25)14-5-3-6-15(22-14)18(26)23-16-11-12(19)7-8-13(16)20/h3,5-8,11H,4,9-10H2,1-2H3,(H,21,25)(H,23,26). The summed E-state index contributed by atoms with van der Waals surface area (Å²) in [6.07, 6.45) is 0.826. The molecule has 0 spiro atoms. The molecule has 1 aromatic heterocycles. The van der Waals surface area contributed by atoms with Gasteiger partial charge in [0.15, 0.2) is 0 Å². The highest BCUT2D eigenvalue weighted by atomic mass is 35.5. The number of hydrogen-bond donors (Lipinski definition) is 2. The Balaban J connectivity index is 2.02. The van der Waals surface area contributed by atoms with E-state index in [1.807, 2.05) is 19.0 Å². The van der Waals surface area contributed by atoms with Gasteiger partial charge >= 0.3 is 0 Å². The van der Waals surface area contributed by atoms with Crippen LogP contribution in [0.2, 0.25) is 10.0 Å². The molecular weight excluding hydrogens is 375 g/mol. The summed E-state index contributed by atoms with van der Waals surface area (Å²) in [6, 6.07) is 9.45. The van der Waals surface area contributed by atoms with Gasteiger partial charge in [-0.1, -0.05) is 29.3 Å². The van der Waals surface area contributed by atoms with E-state index >= 15 is 0 Å². The van der Waals surface area contributed by atoms with Gasteiger partial charge in [-0.2, -0.15) is 0 Å². The van der Waals surface area contributed by atoms with E-state index < -0.39 is 5.91 Å². The zero-order chi connectivity index (χ0) is 19.1. The number of nitrogens with zero attached hydrogens (tertiary/aromatic N) is 2. The normalized spacial score (nSPS) is 10.7. The fourth-order valence-electron chi connectivity index (χ4n) is 2.16. The summed E-state index contributed by atoms with van der Waals surface area (Å²) in [7, 11) is 3.94. The molecule has 0 aliphatic heterocycles. The summed E-state index contributed by atoms with van der Waals surface area (Å²) in [5.41, 5.74) is 0.672. The molecule has 26 heavy (non-hydrogen) atoms. The average Bonchev–Trinajstić information content (AvgIpc) is 2.61. The lowest BCUT2D eigenvalue weighted by Gasteiger charge is -2.10. The van der Waals surface area contributed by atoms with Crippen LogP contribution in [0.15, 0.2) is 36.4 Å². The van der Waals surface area contributed by atoms with Crippen molar-refractivity contribution < 1.29 is 9.59 Å². The molecule has 0 aliphatic carbocycles. The van der Waals surface area contributed by atoms with Crippen molar-refractivity contribution >= 4 is 40.7 Å². The molecule has 1 heterocycles. The molecule has 0 saturated carbocycles. The van der Waals surface area contributed by atoms with Gasteiger partial charge in [0.05, 0.1) is 10.7 Å². The first-order chi connectivity index (χ1) is 12.4. The first kappa shape index (κ1) is 20.2. The number of rotatable bonds is 7. The van der Waals surface area contributed by atoms with Crippen LogP contribution in [0, 0.1) is 0 Å². The Morgan fingerprint density at radius 1 is 1.08 bits per heavy atom. The SMILES string of the molecule is CN(C)CCCNC(=O)c1cccc(C(=O)Nc2cc(Cl)ccc2Cl)n1. The lowest BCUT2D eigenvalue weighted by atomic mass is 10.2. The monoisotopic (exact) mass is 394 g/mol. The quantitative estimate of drug-likeness (QED) is 0.706. The Hall–Kier alpha value is -2.15. The van der Waals surface area contributed by atoms with Crippen LogP contribution in [0.3, 0.4) is 0 Å². The number of hydrogen-bond acceptors (Lipinski definition) is 4. The first-order valence-electron chi connectivity index (χ1n) is 8.03. The number of aromatic nitrogens is 1. The van der Waals surface area contributed by atoms with E-state index in [4.69, 9.17) is 23.2 Å². The number of nitrogens with one attached hydrogen (secondary N) is 2.